The quantitative estimate of drug-likeness (QED) is 0.793. The average molecular weight is 277 g/mol. The Morgan fingerprint density at radius 2 is 2.16 bits per heavy atom. The summed E-state index contributed by atoms with van der Waals surface area (Å²) in [7, 11) is 0. The first-order valence-electron chi connectivity index (χ1n) is 6.63. The molecular weight excluding hydrogens is 260 g/mol. The first kappa shape index (κ1) is 13.9. The summed E-state index contributed by atoms with van der Waals surface area (Å²) in [5.74, 6) is 0.435. The molecule has 0 aliphatic heterocycles. The van der Waals surface area contributed by atoms with E-state index in [1.807, 2.05) is 4.90 Å². The SMILES string of the molecule is N#Cc1cccc(C(=O)N(CCCl)C2CCCC2)c1. The molecular formula is C15H17ClN2O. The van der Waals surface area contributed by atoms with Crippen molar-refractivity contribution in [1.29, 1.82) is 5.26 Å². The number of hydrogen-bond acceptors (Lipinski definition) is 2. The number of nitrogens with zero attached hydrogens (tertiary/aromatic N) is 2. The van der Waals surface area contributed by atoms with E-state index in [1.54, 1.807) is 24.3 Å². The molecule has 0 spiro atoms. The Kier molecular flexibility index (Phi) is 4.81. The van der Waals surface area contributed by atoms with Crippen molar-refractivity contribution < 1.29 is 4.79 Å². The van der Waals surface area contributed by atoms with Crippen LogP contribution in [0.2, 0.25) is 0 Å². The van der Waals surface area contributed by atoms with Crippen LogP contribution in [0, 0.1) is 11.3 Å². The summed E-state index contributed by atoms with van der Waals surface area (Å²) in [6, 6.07) is 9.24. The Bertz CT molecular complexity index is 489. The lowest BCUT2D eigenvalue weighted by Crippen LogP contribution is -2.40. The first-order valence-corrected chi connectivity index (χ1v) is 7.17. The summed E-state index contributed by atoms with van der Waals surface area (Å²) in [6.07, 6.45) is 4.46. The molecule has 0 radical (unpaired) electrons. The highest BCUT2D eigenvalue weighted by atomic mass is 35.5. The highest BCUT2D eigenvalue weighted by Crippen LogP contribution is 2.25. The van der Waals surface area contributed by atoms with Crippen LogP contribution >= 0.6 is 11.6 Å². The van der Waals surface area contributed by atoms with Crippen LogP contribution in [0.1, 0.15) is 41.6 Å². The molecule has 3 nitrogen and oxygen atoms in total. The number of nitriles is 1. The number of carbonyl (C=O) groups is 1. The van der Waals surface area contributed by atoms with E-state index in [-0.39, 0.29) is 5.91 Å². The van der Waals surface area contributed by atoms with E-state index in [9.17, 15) is 4.79 Å². The lowest BCUT2D eigenvalue weighted by molar-refractivity contribution is 0.0695. The second-order valence-electron chi connectivity index (χ2n) is 4.82. The molecule has 1 amide bonds. The average Bonchev–Trinajstić information content (AvgIpc) is 2.98. The zero-order chi connectivity index (χ0) is 13.7. The summed E-state index contributed by atoms with van der Waals surface area (Å²) in [5, 5.41) is 8.90. The Labute approximate surface area is 118 Å². The van der Waals surface area contributed by atoms with Crippen LogP contribution in [0.4, 0.5) is 0 Å². The minimum absolute atomic E-state index is 0.00958. The predicted octanol–water partition coefficient (Wildman–Crippen LogP) is 3.18. The molecule has 0 bridgehead atoms. The maximum Gasteiger partial charge on any atom is 0.254 e. The van der Waals surface area contributed by atoms with Crippen molar-refractivity contribution in [3.63, 3.8) is 0 Å². The van der Waals surface area contributed by atoms with Gasteiger partial charge in [-0.15, -0.1) is 11.6 Å². The molecule has 1 aromatic carbocycles. The normalized spacial score (nSPS) is 15.2. The predicted molar refractivity (Wildman–Crippen MR) is 75.2 cm³/mol. The van der Waals surface area contributed by atoms with Crippen molar-refractivity contribution in [1.82, 2.24) is 4.90 Å². The Morgan fingerprint density at radius 3 is 2.79 bits per heavy atom. The van der Waals surface area contributed by atoms with Gasteiger partial charge in [-0.3, -0.25) is 4.79 Å². The van der Waals surface area contributed by atoms with Crippen molar-refractivity contribution in [3.8, 4) is 6.07 Å². The van der Waals surface area contributed by atoms with E-state index in [4.69, 9.17) is 16.9 Å². The van der Waals surface area contributed by atoms with E-state index in [0.717, 1.165) is 12.8 Å². The summed E-state index contributed by atoms with van der Waals surface area (Å²) in [4.78, 5) is 14.4. The maximum atomic E-state index is 12.5. The number of carbonyl (C=O) groups excluding carboxylic acids is 1. The van der Waals surface area contributed by atoms with Gasteiger partial charge in [0.15, 0.2) is 0 Å². The monoisotopic (exact) mass is 276 g/mol. The summed E-state index contributed by atoms with van der Waals surface area (Å²) in [5.41, 5.74) is 1.10. The number of halogens is 1. The molecule has 1 aliphatic rings. The fraction of sp³-hybridized carbons (Fsp3) is 0.467. The number of benzene rings is 1. The van der Waals surface area contributed by atoms with Crippen molar-refractivity contribution in [2.24, 2.45) is 0 Å². The van der Waals surface area contributed by atoms with Crippen LogP contribution in [0.5, 0.6) is 0 Å². The van der Waals surface area contributed by atoms with Crippen LogP contribution in [0.15, 0.2) is 24.3 Å². The topological polar surface area (TPSA) is 44.1 Å². The van der Waals surface area contributed by atoms with Gasteiger partial charge in [-0.25, -0.2) is 0 Å². The van der Waals surface area contributed by atoms with Gasteiger partial charge in [0.1, 0.15) is 0 Å². The molecule has 0 unspecified atom stereocenters. The molecule has 1 aliphatic carbocycles. The largest absolute Gasteiger partial charge is 0.334 e. The van der Waals surface area contributed by atoms with Crippen molar-refractivity contribution in [3.05, 3.63) is 35.4 Å². The molecule has 4 heteroatoms. The van der Waals surface area contributed by atoms with E-state index in [1.165, 1.54) is 12.8 Å². The first-order chi connectivity index (χ1) is 9.26. The second kappa shape index (κ2) is 6.58. The highest BCUT2D eigenvalue weighted by Gasteiger charge is 2.26. The minimum Gasteiger partial charge on any atom is -0.334 e. The van der Waals surface area contributed by atoms with Crippen molar-refractivity contribution in [2.75, 3.05) is 12.4 Å². The molecule has 1 aromatic rings. The summed E-state index contributed by atoms with van der Waals surface area (Å²) < 4.78 is 0. The van der Waals surface area contributed by atoms with Gasteiger partial charge in [0, 0.05) is 24.0 Å². The van der Waals surface area contributed by atoms with Crippen LogP contribution in [-0.2, 0) is 0 Å². The summed E-state index contributed by atoms with van der Waals surface area (Å²) in [6.45, 7) is 0.571. The minimum atomic E-state index is -0.00958. The molecule has 19 heavy (non-hydrogen) atoms. The molecule has 100 valence electrons. The van der Waals surface area contributed by atoms with Crippen LogP contribution < -0.4 is 0 Å². The lowest BCUT2D eigenvalue weighted by atomic mass is 10.1. The van der Waals surface area contributed by atoms with E-state index >= 15 is 0 Å². The molecule has 1 fully saturated rings. The Balaban J connectivity index is 2.20. The van der Waals surface area contributed by atoms with Gasteiger partial charge >= 0.3 is 0 Å². The number of hydrogen-bond donors (Lipinski definition) is 0. The molecule has 2 rings (SSSR count). The van der Waals surface area contributed by atoms with Crippen LogP contribution in [0.3, 0.4) is 0 Å². The van der Waals surface area contributed by atoms with Gasteiger partial charge in [0.2, 0.25) is 0 Å². The fourth-order valence-electron chi connectivity index (χ4n) is 2.64. The molecule has 0 heterocycles. The number of rotatable bonds is 4. The van der Waals surface area contributed by atoms with E-state index in [0.29, 0.717) is 29.6 Å². The molecule has 0 saturated heterocycles. The zero-order valence-corrected chi connectivity index (χ0v) is 11.6. The maximum absolute atomic E-state index is 12.5. The smallest absolute Gasteiger partial charge is 0.254 e. The Morgan fingerprint density at radius 1 is 1.42 bits per heavy atom. The van der Waals surface area contributed by atoms with E-state index < -0.39 is 0 Å². The molecule has 0 aromatic heterocycles. The Hall–Kier alpha value is -1.53. The van der Waals surface area contributed by atoms with Crippen molar-refractivity contribution in [2.45, 2.75) is 31.7 Å². The highest BCUT2D eigenvalue weighted by molar-refractivity contribution is 6.18. The van der Waals surface area contributed by atoms with Crippen LogP contribution in [0.25, 0.3) is 0 Å². The molecule has 0 N–H and O–H groups in total. The van der Waals surface area contributed by atoms with Gasteiger partial charge in [-0.05, 0) is 31.0 Å². The van der Waals surface area contributed by atoms with Gasteiger partial charge < -0.3 is 4.90 Å². The summed E-state index contributed by atoms with van der Waals surface area (Å²) >= 11 is 5.82. The molecule has 0 atom stereocenters. The third kappa shape index (κ3) is 3.27. The third-order valence-electron chi connectivity index (χ3n) is 3.59. The van der Waals surface area contributed by atoms with Gasteiger partial charge in [0.05, 0.1) is 11.6 Å². The van der Waals surface area contributed by atoms with E-state index in [2.05, 4.69) is 6.07 Å². The standard InChI is InChI=1S/C15H17ClN2O/c16-8-9-18(14-6-1-2-7-14)15(19)13-5-3-4-12(10-13)11-17/h3-5,10,14H,1-2,6-9H2. The van der Waals surface area contributed by atoms with Crippen LogP contribution in [-0.4, -0.2) is 29.3 Å². The van der Waals surface area contributed by atoms with Crippen molar-refractivity contribution >= 4 is 17.5 Å². The fourth-order valence-corrected chi connectivity index (χ4v) is 2.83. The van der Waals surface area contributed by atoms with Gasteiger partial charge in [-0.1, -0.05) is 18.9 Å². The molecule has 1 saturated carbocycles. The number of alkyl halides is 1. The third-order valence-corrected chi connectivity index (χ3v) is 3.76. The second-order valence-corrected chi connectivity index (χ2v) is 5.20. The van der Waals surface area contributed by atoms with Gasteiger partial charge in [0.25, 0.3) is 5.91 Å². The van der Waals surface area contributed by atoms with Gasteiger partial charge in [-0.2, -0.15) is 5.26 Å². The number of amides is 1. The lowest BCUT2D eigenvalue weighted by Gasteiger charge is -2.28. The zero-order valence-electron chi connectivity index (χ0n) is 10.8.